The Labute approximate surface area is 164 Å². The van der Waals surface area contributed by atoms with E-state index in [4.69, 9.17) is 4.98 Å². The molecule has 0 saturated heterocycles. The largest absolute Gasteiger partial charge is 0.256 e. The molecule has 0 aliphatic heterocycles. The zero-order valence-electron chi connectivity index (χ0n) is 15.3. The van der Waals surface area contributed by atoms with E-state index in [1.165, 1.54) is 11.1 Å². The molecular formula is C26H18N2. The van der Waals surface area contributed by atoms with Crippen molar-refractivity contribution in [2.24, 2.45) is 0 Å². The zero-order chi connectivity index (χ0) is 18.8. The Morgan fingerprint density at radius 2 is 1.25 bits per heavy atom. The van der Waals surface area contributed by atoms with Crippen LogP contribution in [0.15, 0.2) is 109 Å². The highest BCUT2D eigenvalue weighted by Crippen LogP contribution is 2.27. The second kappa shape index (κ2) is 7.09. The van der Waals surface area contributed by atoms with Gasteiger partial charge in [-0.25, -0.2) is 0 Å². The van der Waals surface area contributed by atoms with Gasteiger partial charge >= 0.3 is 0 Å². The highest BCUT2D eigenvalue weighted by molar-refractivity contribution is 5.84. The predicted molar refractivity (Wildman–Crippen MR) is 116 cm³/mol. The minimum absolute atomic E-state index is 0.973. The number of nitrogens with zero attached hydrogens (tertiary/aromatic N) is 2. The summed E-state index contributed by atoms with van der Waals surface area (Å²) in [5.74, 6) is 0. The molecule has 0 radical (unpaired) electrons. The molecule has 3 aromatic carbocycles. The predicted octanol–water partition coefficient (Wildman–Crippen LogP) is 6.63. The highest BCUT2D eigenvalue weighted by Gasteiger charge is 2.05. The number of fused-ring (bicyclic) bond motifs is 1. The molecular weight excluding hydrogens is 340 g/mol. The Bertz CT molecular complexity index is 1240. The van der Waals surface area contributed by atoms with Crippen LogP contribution in [-0.2, 0) is 0 Å². The molecule has 132 valence electrons. The summed E-state index contributed by atoms with van der Waals surface area (Å²) in [5, 5.41) is 1.15. The summed E-state index contributed by atoms with van der Waals surface area (Å²) in [6, 6.07) is 33.5. The SMILES string of the molecule is c1ccc(-c2cccc(-c3ccc(-c4ccc5cccnc5c4)cn3)c2)cc1. The van der Waals surface area contributed by atoms with E-state index in [0.29, 0.717) is 0 Å². The third kappa shape index (κ3) is 3.17. The smallest absolute Gasteiger partial charge is 0.0708 e. The molecule has 2 aromatic heterocycles. The van der Waals surface area contributed by atoms with Gasteiger partial charge in [-0.3, -0.25) is 9.97 Å². The van der Waals surface area contributed by atoms with Crippen LogP contribution in [0.3, 0.4) is 0 Å². The van der Waals surface area contributed by atoms with E-state index >= 15 is 0 Å². The normalized spacial score (nSPS) is 10.9. The van der Waals surface area contributed by atoms with Gasteiger partial charge in [0, 0.05) is 28.9 Å². The standard InChI is InChI=1S/C26H18N2/c1-2-6-19(7-3-1)21-8-4-9-23(16-21)25-14-13-24(18-28-25)22-12-11-20-10-5-15-27-26(20)17-22/h1-18H. The van der Waals surface area contributed by atoms with Crippen LogP contribution in [0.5, 0.6) is 0 Å². The maximum Gasteiger partial charge on any atom is 0.0708 e. The monoisotopic (exact) mass is 358 g/mol. The molecule has 0 amide bonds. The Hall–Kier alpha value is -3.78. The van der Waals surface area contributed by atoms with Crippen molar-refractivity contribution >= 4 is 10.9 Å². The van der Waals surface area contributed by atoms with Crippen molar-refractivity contribution in [1.29, 1.82) is 0 Å². The fourth-order valence-electron chi connectivity index (χ4n) is 3.47. The molecule has 5 rings (SSSR count). The Kier molecular flexibility index (Phi) is 4.15. The summed E-state index contributed by atoms with van der Waals surface area (Å²) in [6.45, 7) is 0. The van der Waals surface area contributed by atoms with Crippen molar-refractivity contribution in [3.63, 3.8) is 0 Å². The van der Waals surface area contributed by atoms with Crippen molar-refractivity contribution < 1.29 is 0 Å². The number of hydrogen-bond donors (Lipinski definition) is 0. The lowest BCUT2D eigenvalue weighted by atomic mass is 10.0. The molecule has 0 bridgehead atoms. The minimum Gasteiger partial charge on any atom is -0.256 e. The van der Waals surface area contributed by atoms with E-state index in [1.54, 1.807) is 0 Å². The lowest BCUT2D eigenvalue weighted by Gasteiger charge is -2.07. The van der Waals surface area contributed by atoms with Gasteiger partial charge in [0.25, 0.3) is 0 Å². The topological polar surface area (TPSA) is 25.8 Å². The Balaban J connectivity index is 1.48. The van der Waals surface area contributed by atoms with Gasteiger partial charge in [0.05, 0.1) is 11.2 Å². The van der Waals surface area contributed by atoms with E-state index in [0.717, 1.165) is 33.3 Å². The quantitative estimate of drug-likeness (QED) is 0.362. The van der Waals surface area contributed by atoms with Crippen LogP contribution in [0.1, 0.15) is 0 Å². The second-order valence-electron chi connectivity index (χ2n) is 6.79. The fraction of sp³-hybridized carbons (Fsp3) is 0. The van der Waals surface area contributed by atoms with Crippen LogP contribution < -0.4 is 0 Å². The van der Waals surface area contributed by atoms with Crippen LogP contribution in [0.4, 0.5) is 0 Å². The number of rotatable bonds is 3. The molecule has 0 aliphatic carbocycles. The number of pyridine rings is 2. The first kappa shape index (κ1) is 16.4. The highest BCUT2D eigenvalue weighted by atomic mass is 14.7. The summed E-state index contributed by atoms with van der Waals surface area (Å²) >= 11 is 0. The number of benzene rings is 3. The van der Waals surface area contributed by atoms with Gasteiger partial charge in [0.1, 0.15) is 0 Å². The Morgan fingerprint density at radius 1 is 0.464 bits per heavy atom. The molecule has 2 nitrogen and oxygen atoms in total. The average Bonchev–Trinajstić information content (AvgIpc) is 2.79. The van der Waals surface area contributed by atoms with Gasteiger partial charge in [-0.05, 0) is 41.0 Å². The summed E-state index contributed by atoms with van der Waals surface area (Å²) < 4.78 is 0. The Morgan fingerprint density at radius 3 is 2.11 bits per heavy atom. The minimum atomic E-state index is 0.973. The van der Waals surface area contributed by atoms with Crippen LogP contribution in [0.2, 0.25) is 0 Å². The summed E-state index contributed by atoms with van der Waals surface area (Å²) in [6.07, 6.45) is 3.77. The second-order valence-corrected chi connectivity index (χ2v) is 6.79. The van der Waals surface area contributed by atoms with E-state index < -0.39 is 0 Å². The van der Waals surface area contributed by atoms with Crippen LogP contribution >= 0.6 is 0 Å². The summed E-state index contributed by atoms with van der Waals surface area (Å²) in [7, 11) is 0. The molecule has 0 unspecified atom stereocenters. The molecule has 0 N–H and O–H groups in total. The van der Waals surface area contributed by atoms with Crippen molar-refractivity contribution in [3.8, 4) is 33.5 Å². The van der Waals surface area contributed by atoms with Crippen LogP contribution in [0, 0.1) is 0 Å². The van der Waals surface area contributed by atoms with Crippen molar-refractivity contribution in [2.45, 2.75) is 0 Å². The van der Waals surface area contributed by atoms with Gasteiger partial charge in [-0.2, -0.15) is 0 Å². The maximum atomic E-state index is 4.72. The first-order valence-corrected chi connectivity index (χ1v) is 9.34. The average molecular weight is 358 g/mol. The molecule has 2 heterocycles. The molecule has 0 fully saturated rings. The van der Waals surface area contributed by atoms with Crippen LogP contribution in [0.25, 0.3) is 44.4 Å². The van der Waals surface area contributed by atoms with Gasteiger partial charge in [-0.15, -0.1) is 0 Å². The lowest BCUT2D eigenvalue weighted by molar-refractivity contribution is 1.32. The van der Waals surface area contributed by atoms with Crippen molar-refractivity contribution in [3.05, 3.63) is 109 Å². The first-order chi connectivity index (χ1) is 13.9. The van der Waals surface area contributed by atoms with Gasteiger partial charge in [0.15, 0.2) is 0 Å². The van der Waals surface area contributed by atoms with Crippen molar-refractivity contribution in [1.82, 2.24) is 9.97 Å². The van der Waals surface area contributed by atoms with Crippen molar-refractivity contribution in [2.75, 3.05) is 0 Å². The number of aromatic nitrogens is 2. The fourth-order valence-corrected chi connectivity index (χ4v) is 3.47. The van der Waals surface area contributed by atoms with E-state index in [9.17, 15) is 0 Å². The molecule has 2 heteroatoms. The third-order valence-corrected chi connectivity index (χ3v) is 4.97. The summed E-state index contributed by atoms with van der Waals surface area (Å²) in [4.78, 5) is 9.17. The van der Waals surface area contributed by atoms with E-state index in [2.05, 4.69) is 89.9 Å². The molecule has 28 heavy (non-hydrogen) atoms. The maximum absolute atomic E-state index is 4.72. The first-order valence-electron chi connectivity index (χ1n) is 9.34. The summed E-state index contributed by atoms with van der Waals surface area (Å²) in [5.41, 5.74) is 7.72. The van der Waals surface area contributed by atoms with E-state index in [-0.39, 0.29) is 0 Å². The lowest BCUT2D eigenvalue weighted by Crippen LogP contribution is -1.87. The van der Waals surface area contributed by atoms with Gasteiger partial charge < -0.3 is 0 Å². The molecule has 5 aromatic rings. The third-order valence-electron chi connectivity index (χ3n) is 4.97. The van der Waals surface area contributed by atoms with Crippen LogP contribution in [-0.4, -0.2) is 9.97 Å². The number of hydrogen-bond acceptors (Lipinski definition) is 2. The molecule has 0 saturated carbocycles. The van der Waals surface area contributed by atoms with E-state index in [1.807, 2.05) is 24.5 Å². The molecule has 0 spiro atoms. The molecule has 0 aliphatic rings. The van der Waals surface area contributed by atoms with Gasteiger partial charge in [0.2, 0.25) is 0 Å². The zero-order valence-corrected chi connectivity index (χ0v) is 15.3. The van der Waals surface area contributed by atoms with Gasteiger partial charge in [-0.1, -0.05) is 72.8 Å². The molecule has 0 atom stereocenters.